The van der Waals surface area contributed by atoms with Gasteiger partial charge in [0.05, 0.1) is 6.54 Å². The Morgan fingerprint density at radius 1 is 1.43 bits per heavy atom. The molecular weight excluding hydrogens is 286 g/mol. The second-order valence-electron chi connectivity index (χ2n) is 5.60. The van der Waals surface area contributed by atoms with Crippen molar-refractivity contribution in [2.75, 3.05) is 38.0 Å². The Morgan fingerprint density at radius 2 is 2.19 bits per heavy atom. The largest absolute Gasteiger partial charge is 0.325 e. The van der Waals surface area contributed by atoms with Crippen LogP contribution in [0.2, 0.25) is 5.02 Å². The van der Waals surface area contributed by atoms with Gasteiger partial charge in [0.15, 0.2) is 0 Å². The van der Waals surface area contributed by atoms with Crippen molar-refractivity contribution in [1.82, 2.24) is 10.2 Å². The lowest BCUT2D eigenvalue weighted by Gasteiger charge is -2.29. The van der Waals surface area contributed by atoms with Crippen LogP contribution in [0.4, 0.5) is 5.69 Å². The Morgan fingerprint density at radius 3 is 2.81 bits per heavy atom. The van der Waals surface area contributed by atoms with Crippen LogP contribution >= 0.6 is 11.6 Å². The van der Waals surface area contributed by atoms with Gasteiger partial charge in [-0.1, -0.05) is 18.5 Å². The normalized spacial score (nSPS) is 18.7. The van der Waals surface area contributed by atoms with Gasteiger partial charge in [-0.3, -0.25) is 9.69 Å². The van der Waals surface area contributed by atoms with E-state index in [2.05, 4.69) is 22.5 Å². The molecule has 5 heteroatoms. The fourth-order valence-corrected chi connectivity index (χ4v) is 2.81. The Labute approximate surface area is 131 Å². The second kappa shape index (κ2) is 8.37. The van der Waals surface area contributed by atoms with Crippen LogP contribution in [-0.2, 0) is 4.79 Å². The van der Waals surface area contributed by atoms with Crippen LogP contribution in [0.1, 0.15) is 19.8 Å². The highest BCUT2D eigenvalue weighted by Gasteiger charge is 2.17. The van der Waals surface area contributed by atoms with E-state index in [1.807, 2.05) is 12.1 Å². The lowest BCUT2D eigenvalue weighted by atomic mass is 9.99. The number of amides is 1. The first-order chi connectivity index (χ1) is 10.2. The molecule has 1 aliphatic rings. The molecule has 1 fully saturated rings. The van der Waals surface area contributed by atoms with Crippen molar-refractivity contribution >= 4 is 23.2 Å². The summed E-state index contributed by atoms with van der Waals surface area (Å²) in [6.07, 6.45) is 2.49. The molecule has 1 amide bonds. The van der Waals surface area contributed by atoms with Gasteiger partial charge in [0.2, 0.25) is 5.91 Å². The van der Waals surface area contributed by atoms with E-state index < -0.39 is 0 Å². The van der Waals surface area contributed by atoms with E-state index in [0.717, 1.165) is 31.9 Å². The third-order valence-corrected chi connectivity index (χ3v) is 4.11. The molecule has 0 aromatic heterocycles. The van der Waals surface area contributed by atoms with Crippen LogP contribution in [0.25, 0.3) is 0 Å². The molecule has 0 radical (unpaired) electrons. The van der Waals surface area contributed by atoms with Crippen LogP contribution < -0.4 is 10.6 Å². The molecule has 1 saturated heterocycles. The quantitative estimate of drug-likeness (QED) is 0.849. The molecule has 116 valence electrons. The highest BCUT2D eigenvalue weighted by atomic mass is 35.5. The zero-order valence-electron chi connectivity index (χ0n) is 12.6. The molecule has 21 heavy (non-hydrogen) atoms. The van der Waals surface area contributed by atoms with E-state index in [4.69, 9.17) is 11.6 Å². The Kier molecular flexibility index (Phi) is 6.49. The number of benzene rings is 1. The third-order valence-electron chi connectivity index (χ3n) is 3.86. The third kappa shape index (κ3) is 5.65. The first-order valence-corrected chi connectivity index (χ1v) is 8.03. The number of halogens is 1. The van der Waals surface area contributed by atoms with Crippen molar-refractivity contribution in [3.05, 3.63) is 29.3 Å². The summed E-state index contributed by atoms with van der Waals surface area (Å²) in [5.74, 6) is 0.685. The number of hydrogen-bond acceptors (Lipinski definition) is 3. The summed E-state index contributed by atoms with van der Waals surface area (Å²) >= 11 is 5.84. The standard InChI is InChI=1S/C16H24ClN3O/c1-2-20(11-13-4-3-9-18-10-13)12-16(21)19-15-7-5-14(17)6-8-15/h5-8,13,18H,2-4,9-12H2,1H3,(H,19,21). The smallest absolute Gasteiger partial charge is 0.238 e. The van der Waals surface area contributed by atoms with Crippen LogP contribution in [-0.4, -0.2) is 43.5 Å². The number of likely N-dealkylation sites (N-methyl/N-ethyl adjacent to an activating group) is 1. The molecule has 0 aliphatic carbocycles. The fraction of sp³-hybridized carbons (Fsp3) is 0.562. The highest BCUT2D eigenvalue weighted by Crippen LogP contribution is 2.14. The van der Waals surface area contributed by atoms with Crippen molar-refractivity contribution in [2.24, 2.45) is 5.92 Å². The van der Waals surface area contributed by atoms with Crippen LogP contribution in [0, 0.1) is 5.92 Å². The summed E-state index contributed by atoms with van der Waals surface area (Å²) in [4.78, 5) is 14.3. The molecule has 2 N–H and O–H groups in total. The molecule has 1 unspecified atom stereocenters. The number of rotatable bonds is 6. The van der Waals surface area contributed by atoms with Gasteiger partial charge in [-0.25, -0.2) is 0 Å². The molecule has 0 bridgehead atoms. The topological polar surface area (TPSA) is 44.4 Å². The molecular formula is C16H24ClN3O. The summed E-state index contributed by atoms with van der Waals surface area (Å²) in [5.41, 5.74) is 0.791. The minimum absolute atomic E-state index is 0.0305. The van der Waals surface area contributed by atoms with Crippen molar-refractivity contribution in [1.29, 1.82) is 0 Å². The monoisotopic (exact) mass is 309 g/mol. The van der Waals surface area contributed by atoms with E-state index in [1.165, 1.54) is 12.8 Å². The van der Waals surface area contributed by atoms with Gasteiger partial charge < -0.3 is 10.6 Å². The van der Waals surface area contributed by atoms with Crippen LogP contribution in [0.3, 0.4) is 0 Å². The fourth-order valence-electron chi connectivity index (χ4n) is 2.69. The van der Waals surface area contributed by atoms with Gasteiger partial charge in [0.25, 0.3) is 0 Å². The lowest BCUT2D eigenvalue weighted by molar-refractivity contribution is -0.117. The van der Waals surface area contributed by atoms with E-state index in [0.29, 0.717) is 17.5 Å². The van der Waals surface area contributed by atoms with E-state index >= 15 is 0 Å². The second-order valence-corrected chi connectivity index (χ2v) is 6.03. The SMILES string of the molecule is CCN(CC(=O)Nc1ccc(Cl)cc1)CC1CCCNC1. The van der Waals surface area contributed by atoms with Crippen molar-refractivity contribution in [3.8, 4) is 0 Å². The van der Waals surface area contributed by atoms with Gasteiger partial charge in [0, 0.05) is 17.3 Å². The molecule has 0 spiro atoms. The number of nitrogens with one attached hydrogen (secondary N) is 2. The maximum atomic E-state index is 12.1. The van der Waals surface area contributed by atoms with Gasteiger partial charge in [-0.15, -0.1) is 0 Å². The average molecular weight is 310 g/mol. The van der Waals surface area contributed by atoms with Gasteiger partial charge in [0.1, 0.15) is 0 Å². The average Bonchev–Trinajstić information content (AvgIpc) is 2.50. The molecule has 2 rings (SSSR count). The predicted octanol–water partition coefficient (Wildman–Crippen LogP) is 2.60. The molecule has 1 heterocycles. The number of piperidine rings is 1. The van der Waals surface area contributed by atoms with Crippen LogP contribution in [0.15, 0.2) is 24.3 Å². The maximum Gasteiger partial charge on any atom is 0.238 e. The van der Waals surface area contributed by atoms with Gasteiger partial charge >= 0.3 is 0 Å². The van der Waals surface area contributed by atoms with Gasteiger partial charge in [-0.05, 0) is 62.7 Å². The number of carbonyl (C=O) groups is 1. The first kappa shape index (κ1) is 16.3. The summed E-state index contributed by atoms with van der Waals surface area (Å²) in [5, 5.41) is 7.01. The van der Waals surface area contributed by atoms with E-state index in [-0.39, 0.29) is 5.91 Å². The van der Waals surface area contributed by atoms with Crippen molar-refractivity contribution < 1.29 is 4.79 Å². The zero-order chi connectivity index (χ0) is 15.1. The number of carbonyl (C=O) groups excluding carboxylic acids is 1. The van der Waals surface area contributed by atoms with Gasteiger partial charge in [-0.2, -0.15) is 0 Å². The number of anilines is 1. The van der Waals surface area contributed by atoms with E-state index in [1.54, 1.807) is 12.1 Å². The van der Waals surface area contributed by atoms with Crippen LogP contribution in [0.5, 0.6) is 0 Å². The Hall–Kier alpha value is -1.10. The Balaban J connectivity index is 1.79. The summed E-state index contributed by atoms with van der Waals surface area (Å²) in [7, 11) is 0. The summed E-state index contributed by atoms with van der Waals surface area (Å²) in [6.45, 7) is 6.61. The zero-order valence-corrected chi connectivity index (χ0v) is 13.3. The molecule has 1 atom stereocenters. The summed E-state index contributed by atoms with van der Waals surface area (Å²) in [6, 6.07) is 7.20. The summed E-state index contributed by atoms with van der Waals surface area (Å²) < 4.78 is 0. The minimum Gasteiger partial charge on any atom is -0.325 e. The maximum absolute atomic E-state index is 12.1. The highest BCUT2D eigenvalue weighted by molar-refractivity contribution is 6.30. The molecule has 1 aromatic rings. The lowest BCUT2D eigenvalue weighted by Crippen LogP contribution is -2.41. The first-order valence-electron chi connectivity index (χ1n) is 7.66. The molecule has 1 aliphatic heterocycles. The number of hydrogen-bond donors (Lipinski definition) is 2. The molecule has 0 saturated carbocycles. The molecule has 1 aromatic carbocycles. The van der Waals surface area contributed by atoms with Crippen molar-refractivity contribution in [2.45, 2.75) is 19.8 Å². The van der Waals surface area contributed by atoms with E-state index in [9.17, 15) is 4.79 Å². The predicted molar refractivity (Wildman–Crippen MR) is 87.8 cm³/mol. The van der Waals surface area contributed by atoms with Crippen molar-refractivity contribution in [3.63, 3.8) is 0 Å². The minimum atomic E-state index is 0.0305. The number of nitrogens with zero attached hydrogens (tertiary/aromatic N) is 1. The Bertz CT molecular complexity index is 443. The molecule has 4 nitrogen and oxygen atoms in total.